The molecule has 0 saturated heterocycles. The third kappa shape index (κ3) is 6.12. The zero-order valence-corrected chi connectivity index (χ0v) is 17.4. The molecule has 1 saturated carbocycles. The standard InChI is InChI=1S/C20H28N4O4S/c1-28-11-10-21-29(26,27)18-9-5-8-16(13-18)20(25)22-19-14-17(23-24-19)12-15-6-3-2-4-7-15/h5,8-9,13-15,21H,2-4,6-7,10-12H2,1H3,(H2,22,23,24,25). The molecule has 1 aromatic heterocycles. The van der Waals surface area contributed by atoms with E-state index in [2.05, 4.69) is 20.2 Å². The minimum atomic E-state index is -3.71. The van der Waals surface area contributed by atoms with Crippen LogP contribution in [0.25, 0.3) is 0 Å². The molecule has 3 N–H and O–H groups in total. The summed E-state index contributed by atoms with van der Waals surface area (Å²) in [5.74, 6) is 0.696. The van der Waals surface area contributed by atoms with E-state index in [4.69, 9.17) is 4.74 Å². The molecule has 1 heterocycles. The average Bonchev–Trinajstić information content (AvgIpc) is 3.15. The number of carbonyl (C=O) groups excluding carboxylic acids is 1. The monoisotopic (exact) mass is 420 g/mol. The van der Waals surface area contributed by atoms with Crippen LogP contribution in [0.2, 0.25) is 0 Å². The van der Waals surface area contributed by atoms with E-state index >= 15 is 0 Å². The molecule has 158 valence electrons. The second-order valence-electron chi connectivity index (χ2n) is 7.36. The average molecular weight is 421 g/mol. The number of benzene rings is 1. The van der Waals surface area contributed by atoms with Crippen LogP contribution in [-0.2, 0) is 21.2 Å². The third-order valence-corrected chi connectivity index (χ3v) is 6.57. The fourth-order valence-corrected chi connectivity index (χ4v) is 4.65. The van der Waals surface area contributed by atoms with Crippen LogP contribution in [0.3, 0.4) is 0 Å². The zero-order chi connectivity index (χ0) is 20.7. The summed E-state index contributed by atoms with van der Waals surface area (Å²) in [5.41, 5.74) is 1.25. The Balaban J connectivity index is 1.62. The lowest BCUT2D eigenvalue weighted by Gasteiger charge is -2.20. The summed E-state index contributed by atoms with van der Waals surface area (Å²) in [6.45, 7) is 0.425. The largest absolute Gasteiger partial charge is 0.383 e. The molecule has 0 atom stereocenters. The van der Waals surface area contributed by atoms with Crippen molar-refractivity contribution >= 4 is 21.7 Å². The Morgan fingerprint density at radius 2 is 2.03 bits per heavy atom. The number of rotatable bonds is 9. The number of carbonyl (C=O) groups is 1. The topological polar surface area (TPSA) is 113 Å². The summed E-state index contributed by atoms with van der Waals surface area (Å²) in [7, 11) is -2.21. The summed E-state index contributed by atoms with van der Waals surface area (Å²) in [6.07, 6.45) is 7.28. The highest BCUT2D eigenvalue weighted by Gasteiger charge is 2.18. The Hall–Kier alpha value is -2.23. The Labute approximate surface area is 171 Å². The van der Waals surface area contributed by atoms with Crippen molar-refractivity contribution < 1.29 is 17.9 Å². The van der Waals surface area contributed by atoms with Crippen molar-refractivity contribution in [1.82, 2.24) is 14.9 Å². The normalized spacial score (nSPS) is 15.3. The van der Waals surface area contributed by atoms with Crippen molar-refractivity contribution in [2.45, 2.75) is 43.4 Å². The van der Waals surface area contributed by atoms with Gasteiger partial charge in [0.05, 0.1) is 11.5 Å². The molecule has 9 heteroatoms. The molecule has 1 aromatic carbocycles. The number of hydrogen-bond donors (Lipinski definition) is 3. The van der Waals surface area contributed by atoms with E-state index in [0.717, 1.165) is 12.1 Å². The molecule has 2 aromatic rings. The first-order valence-corrected chi connectivity index (χ1v) is 11.4. The van der Waals surface area contributed by atoms with Gasteiger partial charge in [0.25, 0.3) is 5.91 Å². The smallest absolute Gasteiger partial charge is 0.256 e. The predicted molar refractivity (Wildman–Crippen MR) is 110 cm³/mol. The van der Waals surface area contributed by atoms with Gasteiger partial charge in [-0.2, -0.15) is 5.10 Å². The van der Waals surface area contributed by atoms with Gasteiger partial charge in [0.1, 0.15) is 0 Å². The molecular formula is C20H28N4O4S. The third-order valence-electron chi connectivity index (χ3n) is 5.11. The fraction of sp³-hybridized carbons (Fsp3) is 0.500. The minimum Gasteiger partial charge on any atom is -0.383 e. The Morgan fingerprint density at radius 3 is 2.79 bits per heavy atom. The first-order valence-electron chi connectivity index (χ1n) is 9.92. The molecule has 0 aliphatic heterocycles. The van der Waals surface area contributed by atoms with Crippen LogP contribution in [-0.4, -0.2) is 44.8 Å². The van der Waals surface area contributed by atoms with Gasteiger partial charge < -0.3 is 10.1 Å². The fourth-order valence-electron chi connectivity index (χ4n) is 3.59. The van der Waals surface area contributed by atoms with Crippen molar-refractivity contribution in [2.75, 3.05) is 25.6 Å². The molecule has 1 amide bonds. The molecule has 3 rings (SSSR count). The number of H-pyrrole nitrogens is 1. The van der Waals surface area contributed by atoms with Crippen LogP contribution >= 0.6 is 0 Å². The number of aromatic amines is 1. The van der Waals surface area contributed by atoms with Crippen molar-refractivity contribution in [3.8, 4) is 0 Å². The maximum absolute atomic E-state index is 12.6. The maximum atomic E-state index is 12.6. The van der Waals surface area contributed by atoms with Crippen LogP contribution in [0.15, 0.2) is 35.2 Å². The Bertz CT molecular complexity index is 920. The van der Waals surface area contributed by atoms with E-state index in [1.54, 1.807) is 12.1 Å². The highest BCUT2D eigenvalue weighted by molar-refractivity contribution is 7.89. The van der Waals surface area contributed by atoms with Gasteiger partial charge in [0.15, 0.2) is 5.82 Å². The van der Waals surface area contributed by atoms with Crippen molar-refractivity contribution in [3.63, 3.8) is 0 Å². The highest BCUT2D eigenvalue weighted by Crippen LogP contribution is 2.26. The minimum absolute atomic E-state index is 0.0290. The molecule has 1 fully saturated rings. The van der Waals surface area contributed by atoms with Gasteiger partial charge in [0.2, 0.25) is 10.0 Å². The number of nitrogens with zero attached hydrogens (tertiary/aromatic N) is 1. The van der Waals surface area contributed by atoms with Gasteiger partial charge in [-0.3, -0.25) is 9.89 Å². The summed E-state index contributed by atoms with van der Waals surface area (Å²) in [6, 6.07) is 7.75. The number of aromatic nitrogens is 2. The van der Waals surface area contributed by atoms with Crippen LogP contribution in [0.5, 0.6) is 0 Å². The lowest BCUT2D eigenvalue weighted by Crippen LogP contribution is -2.27. The lowest BCUT2D eigenvalue weighted by atomic mass is 9.86. The lowest BCUT2D eigenvalue weighted by molar-refractivity contribution is 0.102. The van der Waals surface area contributed by atoms with Crippen molar-refractivity contribution in [1.29, 1.82) is 0 Å². The van der Waals surface area contributed by atoms with Gasteiger partial charge in [-0.05, 0) is 30.5 Å². The zero-order valence-electron chi connectivity index (χ0n) is 16.6. The highest BCUT2D eigenvalue weighted by atomic mass is 32.2. The SMILES string of the molecule is COCCNS(=O)(=O)c1cccc(C(=O)Nc2cc(CC3CCCCC3)[nH]n2)c1. The van der Waals surface area contributed by atoms with E-state index in [1.165, 1.54) is 51.3 Å². The number of amides is 1. The number of anilines is 1. The summed E-state index contributed by atoms with van der Waals surface area (Å²) < 4.78 is 31.9. The molecule has 1 aliphatic carbocycles. The number of nitrogens with one attached hydrogen (secondary N) is 3. The molecule has 0 unspecified atom stereocenters. The summed E-state index contributed by atoms with van der Waals surface area (Å²) in [5, 5.41) is 9.89. The first kappa shape index (κ1) is 21.5. The molecular weight excluding hydrogens is 392 g/mol. The van der Waals surface area contributed by atoms with Crippen LogP contribution in [0.4, 0.5) is 5.82 Å². The molecule has 8 nitrogen and oxygen atoms in total. The number of ether oxygens (including phenoxy) is 1. The van der Waals surface area contributed by atoms with Gasteiger partial charge in [-0.15, -0.1) is 0 Å². The van der Waals surface area contributed by atoms with E-state index in [0.29, 0.717) is 11.7 Å². The van der Waals surface area contributed by atoms with Crippen LogP contribution in [0.1, 0.15) is 48.2 Å². The number of methoxy groups -OCH3 is 1. The van der Waals surface area contributed by atoms with Crippen molar-refractivity contribution in [3.05, 3.63) is 41.6 Å². The van der Waals surface area contributed by atoms with Gasteiger partial charge in [0, 0.05) is 31.0 Å². The van der Waals surface area contributed by atoms with Gasteiger partial charge >= 0.3 is 0 Å². The Morgan fingerprint density at radius 1 is 1.24 bits per heavy atom. The van der Waals surface area contributed by atoms with Crippen LogP contribution in [0, 0.1) is 5.92 Å². The molecule has 29 heavy (non-hydrogen) atoms. The maximum Gasteiger partial charge on any atom is 0.256 e. The molecule has 0 radical (unpaired) electrons. The second kappa shape index (κ2) is 10.00. The Kier molecular flexibility index (Phi) is 7.40. The van der Waals surface area contributed by atoms with E-state index in [1.807, 2.05) is 6.07 Å². The van der Waals surface area contributed by atoms with Gasteiger partial charge in [-0.1, -0.05) is 38.2 Å². The number of sulfonamides is 1. The van der Waals surface area contributed by atoms with Gasteiger partial charge in [-0.25, -0.2) is 13.1 Å². The van der Waals surface area contributed by atoms with Crippen LogP contribution < -0.4 is 10.0 Å². The van der Waals surface area contributed by atoms with E-state index < -0.39 is 15.9 Å². The summed E-state index contributed by atoms with van der Waals surface area (Å²) >= 11 is 0. The quantitative estimate of drug-likeness (QED) is 0.540. The van der Waals surface area contributed by atoms with E-state index in [-0.39, 0.29) is 23.6 Å². The number of hydrogen-bond acceptors (Lipinski definition) is 5. The predicted octanol–water partition coefficient (Wildman–Crippen LogP) is 2.71. The van der Waals surface area contributed by atoms with E-state index in [9.17, 15) is 13.2 Å². The molecule has 0 bridgehead atoms. The molecule has 0 spiro atoms. The first-order chi connectivity index (χ1) is 14.0. The second-order valence-corrected chi connectivity index (χ2v) is 9.13. The summed E-state index contributed by atoms with van der Waals surface area (Å²) in [4.78, 5) is 12.6. The molecule has 1 aliphatic rings. The van der Waals surface area contributed by atoms with Crippen molar-refractivity contribution in [2.24, 2.45) is 5.92 Å².